The van der Waals surface area contributed by atoms with E-state index in [9.17, 15) is 18.0 Å². The summed E-state index contributed by atoms with van der Waals surface area (Å²) < 4.78 is 41.4. The fraction of sp³-hybridized carbons (Fsp3) is 0.200. The zero-order valence-electron chi connectivity index (χ0n) is 9.11. The topological polar surface area (TPSA) is 68.9 Å². The molecule has 9 heteroatoms. The zero-order chi connectivity index (χ0) is 14.0. The van der Waals surface area contributed by atoms with E-state index >= 15 is 0 Å². The highest BCUT2D eigenvalue weighted by Gasteiger charge is 2.39. The second-order valence-electron chi connectivity index (χ2n) is 3.50. The van der Waals surface area contributed by atoms with E-state index in [-0.39, 0.29) is 5.82 Å². The molecule has 5 nitrogen and oxygen atoms in total. The lowest BCUT2D eigenvalue weighted by Crippen LogP contribution is -2.24. The van der Waals surface area contributed by atoms with E-state index in [4.69, 9.17) is 0 Å². The summed E-state index contributed by atoms with van der Waals surface area (Å²) in [4.78, 5) is 18.3. The number of nitrogens with zero attached hydrogens (tertiary/aromatic N) is 3. The predicted molar refractivity (Wildman–Crippen MR) is 60.0 cm³/mol. The summed E-state index contributed by atoms with van der Waals surface area (Å²) in [6.45, 7) is 0. The van der Waals surface area contributed by atoms with Gasteiger partial charge in [-0.15, -0.1) is 0 Å². The van der Waals surface area contributed by atoms with Crippen LogP contribution in [0.15, 0.2) is 27.5 Å². The van der Waals surface area contributed by atoms with Gasteiger partial charge in [0.25, 0.3) is 0 Å². The van der Waals surface area contributed by atoms with Gasteiger partial charge < -0.3 is 4.52 Å². The van der Waals surface area contributed by atoms with Gasteiger partial charge in [-0.25, -0.2) is 0 Å². The molecule has 0 N–H and O–H groups in total. The molecule has 2 heterocycles. The summed E-state index contributed by atoms with van der Waals surface area (Å²) in [5.74, 6) is -2.26. The summed E-state index contributed by atoms with van der Waals surface area (Å²) in [5.41, 5.74) is 0.462. The first-order chi connectivity index (χ1) is 8.86. The van der Waals surface area contributed by atoms with Gasteiger partial charge >= 0.3 is 6.18 Å². The largest absolute Gasteiger partial charge is 0.450 e. The van der Waals surface area contributed by atoms with Crippen LogP contribution < -0.4 is 0 Å². The molecule has 0 amide bonds. The van der Waals surface area contributed by atoms with E-state index in [1.807, 2.05) is 0 Å². The number of hydrogen-bond donors (Lipinski definition) is 0. The Labute approximate surface area is 113 Å². The van der Waals surface area contributed by atoms with Gasteiger partial charge in [0.15, 0.2) is 0 Å². The second kappa shape index (κ2) is 5.08. The minimum atomic E-state index is -4.91. The highest BCUT2D eigenvalue weighted by molar-refractivity contribution is 9.10. The molecule has 19 heavy (non-hydrogen) atoms. The lowest BCUT2D eigenvalue weighted by atomic mass is 10.2. The number of aromatic nitrogens is 3. The number of rotatable bonds is 3. The van der Waals surface area contributed by atoms with Crippen LogP contribution in [0.25, 0.3) is 11.4 Å². The third-order valence-electron chi connectivity index (χ3n) is 2.06. The van der Waals surface area contributed by atoms with Gasteiger partial charge in [0.2, 0.25) is 17.5 Å². The Hall–Kier alpha value is -1.77. The SMILES string of the molecule is O=C(Cc1nc(-c2cncc(Br)c2)no1)C(F)(F)F. The van der Waals surface area contributed by atoms with Crippen LogP contribution in [-0.4, -0.2) is 27.1 Å². The van der Waals surface area contributed by atoms with Crippen molar-refractivity contribution in [2.45, 2.75) is 12.6 Å². The van der Waals surface area contributed by atoms with Gasteiger partial charge in [0, 0.05) is 22.4 Å². The van der Waals surface area contributed by atoms with Gasteiger partial charge in [-0.3, -0.25) is 9.78 Å². The van der Waals surface area contributed by atoms with Crippen molar-refractivity contribution in [1.29, 1.82) is 0 Å². The summed E-state index contributed by atoms with van der Waals surface area (Å²) in [6, 6.07) is 1.62. The number of hydrogen-bond acceptors (Lipinski definition) is 5. The zero-order valence-corrected chi connectivity index (χ0v) is 10.7. The van der Waals surface area contributed by atoms with Crippen molar-refractivity contribution in [3.8, 4) is 11.4 Å². The molecule has 0 aliphatic heterocycles. The van der Waals surface area contributed by atoms with Crippen LogP contribution in [0.4, 0.5) is 13.2 Å². The molecule has 0 saturated carbocycles. The van der Waals surface area contributed by atoms with E-state index in [2.05, 4.69) is 35.6 Å². The molecule has 2 rings (SSSR count). The highest BCUT2D eigenvalue weighted by Crippen LogP contribution is 2.21. The number of pyridine rings is 1. The van der Waals surface area contributed by atoms with Crippen molar-refractivity contribution < 1.29 is 22.5 Å². The first kappa shape index (κ1) is 13.7. The summed E-state index contributed by atoms with van der Waals surface area (Å²) >= 11 is 3.18. The third-order valence-corrected chi connectivity index (χ3v) is 2.49. The normalized spacial score (nSPS) is 11.6. The standard InChI is InChI=1S/C10H5BrF3N3O2/c11-6-1-5(3-15-4-6)9-16-8(19-17-9)2-7(18)10(12,13)14/h1,3-4H,2H2. The Morgan fingerprint density at radius 1 is 1.37 bits per heavy atom. The van der Waals surface area contributed by atoms with Crippen LogP contribution in [0.5, 0.6) is 0 Å². The molecule has 0 aliphatic carbocycles. The number of alkyl halides is 3. The van der Waals surface area contributed by atoms with Crippen molar-refractivity contribution in [3.05, 3.63) is 28.8 Å². The minimum Gasteiger partial charge on any atom is -0.338 e. The molecule has 0 aliphatic rings. The Balaban J connectivity index is 2.18. The fourth-order valence-electron chi connectivity index (χ4n) is 1.22. The minimum absolute atomic E-state index is 0.0683. The summed E-state index contributed by atoms with van der Waals surface area (Å²) in [6.07, 6.45) is -2.94. The van der Waals surface area contributed by atoms with E-state index < -0.39 is 24.3 Å². The fourth-order valence-corrected chi connectivity index (χ4v) is 1.58. The molecule has 0 aromatic carbocycles. The maximum Gasteiger partial charge on any atom is 0.450 e. The lowest BCUT2D eigenvalue weighted by molar-refractivity contribution is -0.170. The van der Waals surface area contributed by atoms with Crippen molar-refractivity contribution in [2.24, 2.45) is 0 Å². The Morgan fingerprint density at radius 3 is 2.74 bits per heavy atom. The summed E-state index contributed by atoms with van der Waals surface area (Å²) in [7, 11) is 0. The Morgan fingerprint density at radius 2 is 2.11 bits per heavy atom. The van der Waals surface area contributed by atoms with Crippen LogP contribution in [0.2, 0.25) is 0 Å². The number of ketones is 1. The van der Waals surface area contributed by atoms with Gasteiger partial charge in [0.1, 0.15) is 0 Å². The van der Waals surface area contributed by atoms with Crippen molar-refractivity contribution >= 4 is 21.7 Å². The predicted octanol–water partition coefficient (Wildman–Crippen LogP) is 2.57. The Kier molecular flexibility index (Phi) is 3.65. The molecule has 0 bridgehead atoms. The number of carbonyl (C=O) groups is 1. The molecule has 0 atom stereocenters. The maximum atomic E-state index is 12.1. The van der Waals surface area contributed by atoms with Crippen LogP contribution in [0, 0.1) is 0 Å². The Bertz CT molecular complexity index is 612. The van der Waals surface area contributed by atoms with Crippen molar-refractivity contribution in [2.75, 3.05) is 0 Å². The van der Waals surface area contributed by atoms with Crippen LogP contribution in [-0.2, 0) is 11.2 Å². The first-order valence-corrected chi connectivity index (χ1v) is 5.69. The molecule has 0 fully saturated rings. The third kappa shape index (κ3) is 3.37. The molecule has 2 aromatic heterocycles. The van der Waals surface area contributed by atoms with E-state index in [0.717, 1.165) is 0 Å². The molecular weight excluding hydrogens is 331 g/mol. The van der Waals surface area contributed by atoms with E-state index in [0.29, 0.717) is 10.0 Å². The number of halogens is 4. The maximum absolute atomic E-state index is 12.1. The molecular formula is C10H5BrF3N3O2. The van der Waals surface area contributed by atoms with Gasteiger partial charge in [-0.05, 0) is 22.0 Å². The highest BCUT2D eigenvalue weighted by atomic mass is 79.9. The average Bonchev–Trinajstić information content (AvgIpc) is 2.76. The quantitative estimate of drug-likeness (QED) is 0.862. The lowest BCUT2D eigenvalue weighted by Gasteiger charge is -2.00. The van der Waals surface area contributed by atoms with Crippen LogP contribution in [0.1, 0.15) is 5.89 Å². The molecule has 0 unspecified atom stereocenters. The average molecular weight is 336 g/mol. The molecule has 0 spiro atoms. The van der Waals surface area contributed by atoms with Crippen molar-refractivity contribution in [3.63, 3.8) is 0 Å². The number of carbonyl (C=O) groups excluding carboxylic acids is 1. The van der Waals surface area contributed by atoms with Gasteiger partial charge in [0.05, 0.1) is 6.42 Å². The monoisotopic (exact) mass is 335 g/mol. The smallest absolute Gasteiger partial charge is 0.338 e. The van der Waals surface area contributed by atoms with Crippen LogP contribution >= 0.6 is 15.9 Å². The molecule has 0 saturated heterocycles. The molecule has 0 radical (unpaired) electrons. The molecule has 100 valence electrons. The first-order valence-electron chi connectivity index (χ1n) is 4.90. The number of Topliss-reactive ketones (excluding diaryl/α,β-unsaturated/α-hetero) is 1. The van der Waals surface area contributed by atoms with E-state index in [1.54, 1.807) is 6.07 Å². The molecule has 2 aromatic rings. The van der Waals surface area contributed by atoms with Crippen LogP contribution in [0.3, 0.4) is 0 Å². The summed E-state index contributed by atoms with van der Waals surface area (Å²) in [5, 5.41) is 3.50. The van der Waals surface area contributed by atoms with Gasteiger partial charge in [-0.2, -0.15) is 18.2 Å². The van der Waals surface area contributed by atoms with Crippen molar-refractivity contribution in [1.82, 2.24) is 15.1 Å². The second-order valence-corrected chi connectivity index (χ2v) is 4.42. The van der Waals surface area contributed by atoms with Gasteiger partial charge in [-0.1, -0.05) is 5.16 Å². The van der Waals surface area contributed by atoms with E-state index in [1.165, 1.54) is 12.4 Å².